The average molecular weight is 294 g/mol. The Kier molecular flexibility index (Phi) is 3.68. The van der Waals surface area contributed by atoms with Crippen LogP contribution in [0, 0.1) is 11.3 Å². The summed E-state index contributed by atoms with van der Waals surface area (Å²) in [5, 5.41) is 18.1. The molecule has 1 heterocycles. The molecule has 106 valence electrons. The molecule has 0 aromatic heterocycles. The van der Waals surface area contributed by atoms with E-state index >= 15 is 0 Å². The number of carboxylic acids is 1. The van der Waals surface area contributed by atoms with Gasteiger partial charge in [0.2, 0.25) is 0 Å². The van der Waals surface area contributed by atoms with Crippen LogP contribution in [0.4, 0.5) is 5.69 Å². The minimum absolute atomic E-state index is 0.0402. The zero-order chi connectivity index (χ0) is 14.9. The third-order valence-corrected chi connectivity index (χ3v) is 5.14. The SMILES string of the molecule is CC1CS(=O)(=O)CCN1c1ccc(C(=O)O)cc1C#N. The first-order chi connectivity index (χ1) is 9.34. The first-order valence-corrected chi connectivity index (χ1v) is 7.91. The molecule has 0 bridgehead atoms. The predicted molar refractivity (Wildman–Crippen MR) is 73.6 cm³/mol. The lowest BCUT2D eigenvalue weighted by Gasteiger charge is -2.35. The molecule has 1 saturated heterocycles. The van der Waals surface area contributed by atoms with E-state index in [0.717, 1.165) is 0 Å². The molecule has 1 aliphatic heterocycles. The number of rotatable bonds is 2. The van der Waals surface area contributed by atoms with E-state index < -0.39 is 15.8 Å². The summed E-state index contributed by atoms with van der Waals surface area (Å²) in [4.78, 5) is 12.7. The number of hydrogen-bond acceptors (Lipinski definition) is 5. The van der Waals surface area contributed by atoms with Gasteiger partial charge in [-0.05, 0) is 25.1 Å². The van der Waals surface area contributed by atoms with Gasteiger partial charge in [-0.1, -0.05) is 0 Å². The second-order valence-corrected chi connectivity index (χ2v) is 7.03. The van der Waals surface area contributed by atoms with Gasteiger partial charge in [0.05, 0.1) is 28.3 Å². The number of carbonyl (C=O) groups is 1. The molecule has 0 radical (unpaired) electrons. The largest absolute Gasteiger partial charge is 0.478 e. The smallest absolute Gasteiger partial charge is 0.335 e. The fourth-order valence-corrected chi connectivity index (χ4v) is 3.92. The van der Waals surface area contributed by atoms with Gasteiger partial charge in [-0.3, -0.25) is 0 Å². The Balaban J connectivity index is 2.39. The summed E-state index contributed by atoms with van der Waals surface area (Å²) in [5.74, 6) is -1.01. The molecule has 1 N–H and O–H groups in total. The number of nitrogens with zero attached hydrogens (tertiary/aromatic N) is 2. The molecule has 6 nitrogen and oxygen atoms in total. The summed E-state index contributed by atoms with van der Waals surface area (Å²) >= 11 is 0. The van der Waals surface area contributed by atoms with Crippen LogP contribution in [-0.2, 0) is 9.84 Å². The molecule has 0 spiro atoms. The monoisotopic (exact) mass is 294 g/mol. The number of nitriles is 1. The fraction of sp³-hybridized carbons (Fsp3) is 0.385. The van der Waals surface area contributed by atoms with Crippen LogP contribution in [0.5, 0.6) is 0 Å². The van der Waals surface area contributed by atoms with Crippen molar-refractivity contribution in [2.75, 3.05) is 23.0 Å². The summed E-state index contributed by atoms with van der Waals surface area (Å²) < 4.78 is 23.1. The van der Waals surface area contributed by atoms with Gasteiger partial charge in [0.25, 0.3) is 0 Å². The normalized spacial score (nSPS) is 21.2. The maximum absolute atomic E-state index is 11.6. The predicted octanol–water partition coefficient (Wildman–Crippen LogP) is 0.880. The van der Waals surface area contributed by atoms with Crippen LogP contribution in [0.25, 0.3) is 0 Å². The first-order valence-electron chi connectivity index (χ1n) is 6.08. The van der Waals surface area contributed by atoms with E-state index in [1.54, 1.807) is 13.0 Å². The van der Waals surface area contributed by atoms with Crippen LogP contribution in [-0.4, -0.2) is 43.6 Å². The molecule has 1 aromatic carbocycles. The van der Waals surface area contributed by atoms with E-state index in [2.05, 4.69) is 0 Å². The zero-order valence-corrected chi connectivity index (χ0v) is 11.7. The van der Waals surface area contributed by atoms with Crippen LogP contribution < -0.4 is 4.90 Å². The maximum Gasteiger partial charge on any atom is 0.335 e. The lowest BCUT2D eigenvalue weighted by molar-refractivity contribution is 0.0697. The highest BCUT2D eigenvalue weighted by atomic mass is 32.2. The molecular formula is C13H14N2O4S. The van der Waals surface area contributed by atoms with Crippen molar-refractivity contribution >= 4 is 21.5 Å². The summed E-state index contributed by atoms with van der Waals surface area (Å²) in [5.41, 5.74) is 0.874. The lowest BCUT2D eigenvalue weighted by atomic mass is 10.1. The quantitative estimate of drug-likeness (QED) is 0.869. The van der Waals surface area contributed by atoms with Crippen LogP contribution in [0.2, 0.25) is 0 Å². The van der Waals surface area contributed by atoms with E-state index in [-0.39, 0.29) is 28.7 Å². The Morgan fingerprint density at radius 2 is 2.20 bits per heavy atom. The molecule has 7 heteroatoms. The molecular weight excluding hydrogens is 280 g/mol. The van der Waals surface area contributed by atoms with Crippen molar-refractivity contribution in [2.24, 2.45) is 0 Å². The molecule has 0 saturated carbocycles. The summed E-state index contributed by atoms with van der Waals surface area (Å²) in [6, 6.07) is 6.04. The van der Waals surface area contributed by atoms with E-state index in [1.807, 2.05) is 11.0 Å². The highest BCUT2D eigenvalue weighted by Gasteiger charge is 2.29. The van der Waals surface area contributed by atoms with E-state index in [1.165, 1.54) is 12.1 Å². The van der Waals surface area contributed by atoms with Gasteiger partial charge in [-0.2, -0.15) is 5.26 Å². The van der Waals surface area contributed by atoms with Gasteiger partial charge in [-0.15, -0.1) is 0 Å². The van der Waals surface area contributed by atoms with Crippen molar-refractivity contribution < 1.29 is 18.3 Å². The number of aromatic carboxylic acids is 1. The molecule has 20 heavy (non-hydrogen) atoms. The maximum atomic E-state index is 11.6. The van der Waals surface area contributed by atoms with Crippen molar-refractivity contribution in [1.82, 2.24) is 0 Å². The van der Waals surface area contributed by atoms with Gasteiger partial charge in [0.15, 0.2) is 9.84 Å². The van der Waals surface area contributed by atoms with Gasteiger partial charge >= 0.3 is 5.97 Å². The number of benzene rings is 1. The van der Waals surface area contributed by atoms with E-state index in [0.29, 0.717) is 12.2 Å². The van der Waals surface area contributed by atoms with Gasteiger partial charge in [-0.25, -0.2) is 13.2 Å². The average Bonchev–Trinajstić information content (AvgIpc) is 2.37. The van der Waals surface area contributed by atoms with Crippen LogP contribution >= 0.6 is 0 Å². The second kappa shape index (κ2) is 5.13. The topological polar surface area (TPSA) is 98.5 Å². The summed E-state index contributed by atoms with van der Waals surface area (Å²) in [6.07, 6.45) is 0. The number of hydrogen-bond donors (Lipinski definition) is 1. The fourth-order valence-electron chi connectivity index (χ4n) is 2.37. The number of anilines is 1. The molecule has 1 aromatic rings. The Morgan fingerprint density at radius 1 is 1.50 bits per heavy atom. The molecule has 0 amide bonds. The summed E-state index contributed by atoms with van der Waals surface area (Å²) in [6.45, 7) is 2.09. The van der Waals surface area contributed by atoms with E-state index in [4.69, 9.17) is 10.4 Å². The Labute approximate surface area is 117 Å². The molecule has 1 fully saturated rings. The second-order valence-electron chi connectivity index (χ2n) is 4.81. The van der Waals surface area contributed by atoms with Gasteiger partial charge in [0.1, 0.15) is 6.07 Å². The Bertz CT molecular complexity index is 691. The third kappa shape index (κ3) is 2.75. The standard InChI is InChI=1S/C13H14N2O4S/c1-9-8-20(18,19)5-4-15(9)12-3-2-10(13(16)17)6-11(12)7-14/h2-3,6,9H,4-5,8H2,1H3,(H,16,17). The highest BCUT2D eigenvalue weighted by molar-refractivity contribution is 7.91. The van der Waals surface area contributed by atoms with Crippen molar-refractivity contribution in [2.45, 2.75) is 13.0 Å². The Morgan fingerprint density at radius 3 is 2.75 bits per heavy atom. The zero-order valence-electron chi connectivity index (χ0n) is 10.9. The van der Waals surface area contributed by atoms with Gasteiger partial charge in [0, 0.05) is 12.6 Å². The van der Waals surface area contributed by atoms with Crippen LogP contribution in [0.15, 0.2) is 18.2 Å². The van der Waals surface area contributed by atoms with Gasteiger partial charge < -0.3 is 10.0 Å². The van der Waals surface area contributed by atoms with Crippen LogP contribution in [0.1, 0.15) is 22.8 Å². The minimum atomic E-state index is -3.03. The lowest BCUT2D eigenvalue weighted by Crippen LogP contribution is -2.47. The molecule has 1 atom stereocenters. The first kappa shape index (κ1) is 14.3. The Hall–Kier alpha value is -2.07. The van der Waals surface area contributed by atoms with Crippen molar-refractivity contribution in [3.8, 4) is 6.07 Å². The number of sulfone groups is 1. The van der Waals surface area contributed by atoms with Crippen LogP contribution in [0.3, 0.4) is 0 Å². The molecule has 1 aliphatic rings. The van der Waals surface area contributed by atoms with Crippen molar-refractivity contribution in [1.29, 1.82) is 5.26 Å². The third-order valence-electron chi connectivity index (χ3n) is 3.34. The van der Waals surface area contributed by atoms with Crippen molar-refractivity contribution in [3.63, 3.8) is 0 Å². The van der Waals surface area contributed by atoms with Crippen molar-refractivity contribution in [3.05, 3.63) is 29.3 Å². The highest BCUT2D eigenvalue weighted by Crippen LogP contribution is 2.26. The molecule has 2 rings (SSSR count). The van der Waals surface area contributed by atoms with E-state index in [9.17, 15) is 13.2 Å². The number of carboxylic acid groups (broad SMARTS) is 1. The molecule has 0 aliphatic carbocycles. The minimum Gasteiger partial charge on any atom is -0.478 e. The molecule has 1 unspecified atom stereocenters. The summed E-state index contributed by atoms with van der Waals surface area (Å²) in [7, 11) is -3.03.